The van der Waals surface area contributed by atoms with Gasteiger partial charge in [0.1, 0.15) is 12.2 Å². The van der Waals surface area contributed by atoms with Crippen molar-refractivity contribution in [2.45, 2.75) is 44.8 Å². The zero-order valence-corrected chi connectivity index (χ0v) is 22.6. The molecule has 1 heterocycles. The highest BCUT2D eigenvalue weighted by atomic mass is 127. The monoisotopic (exact) mass is 610 g/mol. The van der Waals surface area contributed by atoms with E-state index in [1.807, 2.05) is 24.3 Å². The lowest BCUT2D eigenvalue weighted by Gasteiger charge is -2.35. The molecule has 0 bridgehead atoms. The van der Waals surface area contributed by atoms with Crippen LogP contribution in [0.4, 0.5) is 4.79 Å². The fourth-order valence-corrected chi connectivity index (χ4v) is 5.74. The van der Waals surface area contributed by atoms with Crippen LogP contribution in [-0.4, -0.2) is 35.9 Å². The Morgan fingerprint density at radius 3 is 2.51 bits per heavy atom. The van der Waals surface area contributed by atoms with Crippen LogP contribution >= 0.6 is 22.6 Å². The first-order valence-electron chi connectivity index (χ1n) is 12.3. The number of hydrogen-bond acceptors (Lipinski definition) is 5. The molecule has 5 rings (SSSR count). The molecule has 0 unspecified atom stereocenters. The molecule has 2 aliphatic rings. The van der Waals surface area contributed by atoms with Crippen LogP contribution in [0.1, 0.15) is 43.2 Å². The van der Waals surface area contributed by atoms with Crippen molar-refractivity contribution in [3.05, 3.63) is 74.9 Å². The van der Waals surface area contributed by atoms with E-state index in [0.29, 0.717) is 23.7 Å². The number of hydrogen-bond donors (Lipinski definition) is 1. The highest BCUT2D eigenvalue weighted by Gasteiger charge is 2.40. The second kappa shape index (κ2) is 10.9. The lowest BCUT2D eigenvalue weighted by molar-refractivity contribution is -0.132. The fraction of sp³-hybridized carbons (Fsp3) is 0.276. The maximum atomic E-state index is 13.2. The van der Waals surface area contributed by atoms with Crippen LogP contribution in [0.3, 0.4) is 0 Å². The number of ether oxygens (including phenoxy) is 2. The topological polar surface area (TPSA) is 84.9 Å². The van der Waals surface area contributed by atoms with Gasteiger partial charge in [-0.3, -0.25) is 19.8 Å². The van der Waals surface area contributed by atoms with E-state index in [1.165, 1.54) is 16.4 Å². The van der Waals surface area contributed by atoms with Crippen LogP contribution < -0.4 is 14.8 Å². The van der Waals surface area contributed by atoms with Crippen LogP contribution in [0.15, 0.2) is 60.2 Å². The molecular weight excluding hydrogens is 583 g/mol. The van der Waals surface area contributed by atoms with Gasteiger partial charge in [0.25, 0.3) is 11.8 Å². The number of nitrogens with zero attached hydrogens (tertiary/aromatic N) is 1. The van der Waals surface area contributed by atoms with Gasteiger partial charge in [-0.1, -0.05) is 55.7 Å². The molecule has 0 aromatic heterocycles. The molecule has 1 aliphatic heterocycles. The highest BCUT2D eigenvalue weighted by Crippen LogP contribution is 2.36. The first kappa shape index (κ1) is 25.3. The van der Waals surface area contributed by atoms with Gasteiger partial charge in [-0.2, -0.15) is 0 Å². The Morgan fingerprint density at radius 1 is 1.00 bits per heavy atom. The molecule has 37 heavy (non-hydrogen) atoms. The Kier molecular flexibility index (Phi) is 7.45. The molecule has 190 valence electrons. The van der Waals surface area contributed by atoms with E-state index in [4.69, 9.17) is 9.47 Å². The average molecular weight is 610 g/mol. The van der Waals surface area contributed by atoms with Crippen LogP contribution in [0, 0.1) is 3.57 Å². The molecule has 2 fully saturated rings. The van der Waals surface area contributed by atoms with E-state index in [1.54, 1.807) is 13.2 Å². The van der Waals surface area contributed by atoms with Crippen LogP contribution in [0.5, 0.6) is 11.5 Å². The van der Waals surface area contributed by atoms with Crippen molar-refractivity contribution < 1.29 is 23.9 Å². The Morgan fingerprint density at radius 2 is 1.76 bits per heavy atom. The summed E-state index contributed by atoms with van der Waals surface area (Å²) in [5.41, 5.74) is 1.57. The maximum Gasteiger partial charge on any atom is 0.331 e. The predicted molar refractivity (Wildman–Crippen MR) is 149 cm³/mol. The van der Waals surface area contributed by atoms with E-state index in [-0.39, 0.29) is 11.6 Å². The van der Waals surface area contributed by atoms with Gasteiger partial charge in [-0.25, -0.2) is 4.79 Å². The number of nitrogens with one attached hydrogen (secondary N) is 1. The van der Waals surface area contributed by atoms with Gasteiger partial charge in [0, 0.05) is 6.04 Å². The molecule has 4 amide bonds. The second-order valence-electron chi connectivity index (χ2n) is 9.29. The summed E-state index contributed by atoms with van der Waals surface area (Å²) in [7, 11) is 1.55. The van der Waals surface area contributed by atoms with Crippen molar-refractivity contribution in [3.63, 3.8) is 0 Å². The molecule has 1 saturated heterocycles. The molecule has 1 aliphatic carbocycles. The summed E-state index contributed by atoms with van der Waals surface area (Å²) in [5.74, 6) is -0.167. The van der Waals surface area contributed by atoms with Gasteiger partial charge in [-0.15, -0.1) is 0 Å². The summed E-state index contributed by atoms with van der Waals surface area (Å²) in [4.78, 5) is 39.5. The van der Waals surface area contributed by atoms with Gasteiger partial charge in [0.15, 0.2) is 11.5 Å². The number of carbonyl (C=O) groups is 3. The minimum atomic E-state index is -0.687. The molecule has 8 heteroatoms. The number of methoxy groups -OCH3 is 1. The van der Waals surface area contributed by atoms with Gasteiger partial charge in [-0.05, 0) is 81.6 Å². The van der Waals surface area contributed by atoms with E-state index in [2.05, 4.69) is 52.2 Å². The Balaban J connectivity index is 1.39. The van der Waals surface area contributed by atoms with E-state index < -0.39 is 17.8 Å². The number of halogens is 1. The third-order valence-electron chi connectivity index (χ3n) is 6.83. The summed E-state index contributed by atoms with van der Waals surface area (Å²) in [5, 5.41) is 4.64. The standard InChI is InChI=1S/C29H27IN2O5/c1-36-25-16-19(14-23-27(33)31-29(35)32(28(23)34)22-9-3-2-4-10-22)15-24(30)26(25)37-17-18-11-12-20-7-5-6-8-21(20)13-18/h5-8,11-16,22H,2-4,9-10,17H2,1H3,(H,31,33,35). The summed E-state index contributed by atoms with van der Waals surface area (Å²) in [6.45, 7) is 0.358. The molecule has 1 saturated carbocycles. The summed E-state index contributed by atoms with van der Waals surface area (Å²) in [6, 6.07) is 17.1. The second-order valence-corrected chi connectivity index (χ2v) is 10.5. The zero-order valence-electron chi connectivity index (χ0n) is 20.5. The average Bonchev–Trinajstić information content (AvgIpc) is 2.90. The molecule has 3 aromatic rings. The number of benzene rings is 3. The quantitative estimate of drug-likeness (QED) is 0.216. The van der Waals surface area contributed by atoms with Gasteiger partial charge in [0.05, 0.1) is 10.7 Å². The first-order chi connectivity index (χ1) is 17.9. The highest BCUT2D eigenvalue weighted by molar-refractivity contribution is 14.1. The Bertz CT molecular complexity index is 1410. The first-order valence-corrected chi connectivity index (χ1v) is 13.4. The van der Waals surface area contributed by atoms with Gasteiger partial charge >= 0.3 is 6.03 Å². The van der Waals surface area contributed by atoms with E-state index in [9.17, 15) is 14.4 Å². The molecular formula is C29H27IN2O5. The SMILES string of the molecule is COc1cc(C=C2C(=O)NC(=O)N(C3CCCCC3)C2=O)cc(I)c1OCc1ccc2ccccc2c1. The normalized spacial score (nSPS) is 17.8. The number of barbiturate groups is 1. The fourth-order valence-electron chi connectivity index (χ4n) is 4.96. The van der Waals surface area contributed by atoms with Crippen molar-refractivity contribution in [3.8, 4) is 11.5 Å². The third kappa shape index (κ3) is 5.34. The van der Waals surface area contributed by atoms with Crippen LogP contribution in [-0.2, 0) is 16.2 Å². The molecule has 3 aromatic carbocycles. The third-order valence-corrected chi connectivity index (χ3v) is 7.63. The summed E-state index contributed by atoms with van der Waals surface area (Å²) >= 11 is 2.15. The number of carbonyl (C=O) groups excluding carboxylic acids is 3. The lowest BCUT2D eigenvalue weighted by Crippen LogP contribution is -2.58. The van der Waals surface area contributed by atoms with Gasteiger partial charge < -0.3 is 9.47 Å². The lowest BCUT2D eigenvalue weighted by atomic mass is 9.93. The van der Waals surface area contributed by atoms with Crippen LogP contribution in [0.2, 0.25) is 0 Å². The van der Waals surface area contributed by atoms with Crippen molar-refractivity contribution >= 4 is 57.3 Å². The predicted octanol–water partition coefficient (Wildman–Crippen LogP) is 5.83. The van der Waals surface area contributed by atoms with Crippen molar-refractivity contribution in [2.24, 2.45) is 0 Å². The summed E-state index contributed by atoms with van der Waals surface area (Å²) < 4.78 is 12.5. The molecule has 7 nitrogen and oxygen atoms in total. The number of imide groups is 2. The number of urea groups is 1. The van der Waals surface area contributed by atoms with Crippen molar-refractivity contribution in [1.82, 2.24) is 10.2 Å². The minimum Gasteiger partial charge on any atom is -0.493 e. The molecule has 0 atom stereocenters. The van der Waals surface area contributed by atoms with Crippen molar-refractivity contribution in [2.75, 3.05) is 7.11 Å². The minimum absolute atomic E-state index is 0.0622. The largest absolute Gasteiger partial charge is 0.493 e. The molecule has 0 spiro atoms. The van der Waals surface area contributed by atoms with E-state index in [0.717, 1.165) is 46.6 Å². The smallest absolute Gasteiger partial charge is 0.331 e. The summed E-state index contributed by atoms with van der Waals surface area (Å²) in [6.07, 6.45) is 6.05. The maximum absolute atomic E-state index is 13.2. The zero-order chi connectivity index (χ0) is 25.9. The van der Waals surface area contributed by atoms with Crippen LogP contribution in [0.25, 0.3) is 16.8 Å². The van der Waals surface area contributed by atoms with E-state index >= 15 is 0 Å². The van der Waals surface area contributed by atoms with Crippen molar-refractivity contribution in [1.29, 1.82) is 0 Å². The Labute approximate surface area is 228 Å². The molecule has 1 N–H and O–H groups in total. The Hall–Kier alpha value is -3.40. The van der Waals surface area contributed by atoms with Gasteiger partial charge in [0.2, 0.25) is 0 Å². The number of amides is 4. The molecule has 0 radical (unpaired) electrons. The number of rotatable bonds is 6. The number of fused-ring (bicyclic) bond motifs is 1.